The highest BCUT2D eigenvalue weighted by atomic mass is 127. The maximum Gasteiger partial charge on any atom is 0.239 e. The summed E-state index contributed by atoms with van der Waals surface area (Å²) in [7, 11) is 2.14. The van der Waals surface area contributed by atoms with Gasteiger partial charge in [-0.1, -0.05) is 24.3 Å². The first-order valence-electron chi connectivity index (χ1n) is 6.24. The minimum absolute atomic E-state index is 0. The van der Waals surface area contributed by atoms with E-state index >= 15 is 0 Å². The Morgan fingerprint density at radius 3 is 2.40 bits per heavy atom. The quantitative estimate of drug-likeness (QED) is 0.282. The van der Waals surface area contributed by atoms with Gasteiger partial charge in [-0.3, -0.25) is 0 Å². The van der Waals surface area contributed by atoms with Crippen LogP contribution < -0.4 is 28.5 Å². The number of benzene rings is 2. The molecular formula is C16H12I2N2. The van der Waals surface area contributed by atoms with Crippen LogP contribution in [0, 0.1) is 3.57 Å². The number of nitrogens with zero attached hydrogens (tertiary/aromatic N) is 1. The van der Waals surface area contributed by atoms with Gasteiger partial charge in [-0.05, 0) is 40.8 Å². The first-order chi connectivity index (χ1) is 9.27. The second-order valence-electron chi connectivity index (χ2n) is 4.78. The summed E-state index contributed by atoms with van der Waals surface area (Å²) in [6.07, 6.45) is 0. The second-order valence-corrected chi connectivity index (χ2v) is 5.86. The summed E-state index contributed by atoms with van der Waals surface area (Å²) in [4.78, 5) is 3.55. The van der Waals surface area contributed by atoms with Gasteiger partial charge in [-0.15, -0.1) is 0 Å². The van der Waals surface area contributed by atoms with Crippen molar-refractivity contribution in [1.82, 2.24) is 4.98 Å². The van der Waals surface area contributed by atoms with E-state index in [4.69, 9.17) is 0 Å². The van der Waals surface area contributed by atoms with Crippen LogP contribution in [-0.4, -0.2) is 4.98 Å². The Morgan fingerprint density at radius 2 is 1.60 bits per heavy atom. The summed E-state index contributed by atoms with van der Waals surface area (Å²) in [5.41, 5.74) is 4.96. The molecule has 0 radical (unpaired) electrons. The topological polar surface area (TPSA) is 19.7 Å². The van der Waals surface area contributed by atoms with Gasteiger partial charge in [0, 0.05) is 6.07 Å². The molecule has 0 unspecified atom stereocenters. The van der Waals surface area contributed by atoms with Crippen LogP contribution >= 0.6 is 22.6 Å². The Labute approximate surface area is 147 Å². The van der Waals surface area contributed by atoms with E-state index < -0.39 is 0 Å². The second kappa shape index (κ2) is 5.14. The van der Waals surface area contributed by atoms with Crippen molar-refractivity contribution in [2.24, 2.45) is 7.05 Å². The standard InChI is InChI=1S/C16H11IN2.HI/c1-19-13-9-5-3-7-11(13)14(17)15-16(19)10-6-2-4-8-12(10)18-15;/h2-9H,1H3;1H. The highest BCUT2D eigenvalue weighted by Crippen LogP contribution is 2.30. The van der Waals surface area contributed by atoms with Crippen LogP contribution in [0.4, 0.5) is 0 Å². The van der Waals surface area contributed by atoms with Crippen molar-refractivity contribution in [1.29, 1.82) is 0 Å². The first-order valence-corrected chi connectivity index (χ1v) is 7.32. The van der Waals surface area contributed by atoms with Crippen molar-refractivity contribution in [3.05, 3.63) is 52.1 Å². The van der Waals surface area contributed by atoms with E-state index in [1.807, 2.05) is 0 Å². The van der Waals surface area contributed by atoms with E-state index in [-0.39, 0.29) is 24.0 Å². The molecule has 1 N–H and O–H groups in total. The van der Waals surface area contributed by atoms with Crippen molar-refractivity contribution in [2.75, 3.05) is 0 Å². The largest absolute Gasteiger partial charge is 1.00 e. The molecule has 4 heteroatoms. The molecule has 100 valence electrons. The number of H-pyrrole nitrogens is 1. The maximum absolute atomic E-state index is 3.55. The average Bonchev–Trinajstić information content (AvgIpc) is 2.84. The fraction of sp³-hybridized carbons (Fsp3) is 0.0625. The van der Waals surface area contributed by atoms with Gasteiger partial charge in [0.1, 0.15) is 12.6 Å². The van der Waals surface area contributed by atoms with Gasteiger partial charge in [0.2, 0.25) is 11.0 Å². The van der Waals surface area contributed by atoms with Crippen LogP contribution in [0.5, 0.6) is 0 Å². The van der Waals surface area contributed by atoms with Gasteiger partial charge in [0.25, 0.3) is 0 Å². The Bertz CT molecular complexity index is 941. The fourth-order valence-corrected chi connectivity index (χ4v) is 3.69. The molecule has 20 heavy (non-hydrogen) atoms. The third-order valence-corrected chi connectivity index (χ3v) is 4.86. The molecule has 2 heterocycles. The molecule has 0 spiro atoms. The van der Waals surface area contributed by atoms with Crippen LogP contribution in [-0.2, 0) is 7.05 Å². The number of pyridine rings is 1. The highest BCUT2D eigenvalue weighted by Gasteiger charge is 2.20. The lowest BCUT2D eigenvalue weighted by Crippen LogP contribution is -3.00. The van der Waals surface area contributed by atoms with E-state index in [0.29, 0.717) is 0 Å². The molecule has 0 saturated carbocycles. The summed E-state index contributed by atoms with van der Waals surface area (Å²) >= 11 is 2.44. The fourth-order valence-electron chi connectivity index (χ4n) is 2.84. The number of rotatable bonds is 0. The lowest BCUT2D eigenvalue weighted by atomic mass is 10.1. The normalized spacial score (nSPS) is 11.1. The van der Waals surface area contributed by atoms with Gasteiger partial charge in [0.05, 0.1) is 19.9 Å². The van der Waals surface area contributed by atoms with E-state index in [2.05, 4.69) is 87.7 Å². The molecule has 4 rings (SSSR count). The monoisotopic (exact) mass is 486 g/mol. The number of halogens is 2. The van der Waals surface area contributed by atoms with Gasteiger partial charge < -0.3 is 29.0 Å². The number of hydrogen-bond donors (Lipinski definition) is 1. The van der Waals surface area contributed by atoms with Crippen molar-refractivity contribution < 1.29 is 28.5 Å². The maximum atomic E-state index is 3.55. The lowest BCUT2D eigenvalue weighted by Gasteiger charge is -2.01. The average molecular weight is 486 g/mol. The van der Waals surface area contributed by atoms with Crippen molar-refractivity contribution in [3.8, 4) is 0 Å². The van der Waals surface area contributed by atoms with Crippen molar-refractivity contribution >= 4 is 55.4 Å². The van der Waals surface area contributed by atoms with E-state index in [1.165, 1.54) is 36.4 Å². The first kappa shape index (κ1) is 14.1. The SMILES string of the molecule is C[n+]1c2ccccc2c(I)c2[nH]c3ccccc3c21.[I-]. The number of hydrogen-bond acceptors (Lipinski definition) is 0. The third-order valence-electron chi connectivity index (χ3n) is 3.74. The van der Waals surface area contributed by atoms with Gasteiger partial charge in [-0.25, -0.2) is 0 Å². The lowest BCUT2D eigenvalue weighted by molar-refractivity contribution is -0.616. The number of aromatic amines is 1. The van der Waals surface area contributed by atoms with Gasteiger partial charge in [-0.2, -0.15) is 4.57 Å². The van der Waals surface area contributed by atoms with E-state index in [0.717, 1.165) is 0 Å². The smallest absolute Gasteiger partial charge is 0.239 e. The Morgan fingerprint density at radius 1 is 0.950 bits per heavy atom. The number of aromatic nitrogens is 2. The van der Waals surface area contributed by atoms with Crippen LogP contribution in [0.1, 0.15) is 0 Å². The Kier molecular flexibility index (Phi) is 3.62. The Hall–Kier alpha value is -0.890. The van der Waals surface area contributed by atoms with Gasteiger partial charge in [0.15, 0.2) is 0 Å². The minimum atomic E-state index is 0. The van der Waals surface area contributed by atoms with E-state index in [1.54, 1.807) is 0 Å². The third kappa shape index (κ3) is 1.84. The molecule has 2 aromatic carbocycles. The number of aryl methyl sites for hydroxylation is 1. The van der Waals surface area contributed by atoms with E-state index in [9.17, 15) is 0 Å². The highest BCUT2D eigenvalue weighted by molar-refractivity contribution is 14.1. The molecule has 0 fully saturated rings. The molecule has 0 aliphatic heterocycles. The number of nitrogens with one attached hydrogen (secondary N) is 1. The molecule has 0 atom stereocenters. The molecule has 0 amide bonds. The zero-order valence-corrected chi connectivity index (χ0v) is 15.1. The minimum Gasteiger partial charge on any atom is -1.00 e. The van der Waals surface area contributed by atoms with Crippen LogP contribution in [0.25, 0.3) is 32.8 Å². The predicted octanol–water partition coefficient (Wildman–Crippen LogP) is 0.907. The molecule has 0 bridgehead atoms. The Balaban J connectivity index is 0.00000121. The molecule has 0 aliphatic carbocycles. The van der Waals surface area contributed by atoms with Crippen LogP contribution in [0.3, 0.4) is 0 Å². The molecule has 2 aromatic heterocycles. The van der Waals surface area contributed by atoms with Crippen LogP contribution in [0.2, 0.25) is 0 Å². The summed E-state index contributed by atoms with van der Waals surface area (Å²) < 4.78 is 3.57. The summed E-state index contributed by atoms with van der Waals surface area (Å²) in [5.74, 6) is 0. The van der Waals surface area contributed by atoms with Crippen molar-refractivity contribution in [3.63, 3.8) is 0 Å². The summed E-state index contributed by atoms with van der Waals surface area (Å²) in [6.45, 7) is 0. The van der Waals surface area contributed by atoms with Crippen LogP contribution in [0.15, 0.2) is 48.5 Å². The molecular weight excluding hydrogens is 474 g/mol. The zero-order chi connectivity index (χ0) is 13.0. The number of para-hydroxylation sites is 2. The molecule has 0 saturated heterocycles. The molecule has 4 aromatic rings. The summed E-state index contributed by atoms with van der Waals surface area (Å²) in [6, 6.07) is 17.0. The zero-order valence-electron chi connectivity index (χ0n) is 10.8. The molecule has 2 nitrogen and oxygen atoms in total. The van der Waals surface area contributed by atoms with Crippen molar-refractivity contribution in [2.45, 2.75) is 0 Å². The summed E-state index contributed by atoms with van der Waals surface area (Å²) in [5, 5.41) is 2.58. The molecule has 0 aliphatic rings. The number of fused-ring (bicyclic) bond motifs is 4. The predicted molar refractivity (Wildman–Crippen MR) is 87.2 cm³/mol. The van der Waals surface area contributed by atoms with Gasteiger partial charge >= 0.3 is 0 Å².